The second-order valence-electron chi connectivity index (χ2n) is 7.84. The van der Waals surface area contributed by atoms with Crippen molar-refractivity contribution in [1.29, 1.82) is 0 Å². The number of nitrogen functional groups attached to an aromatic ring is 1. The lowest BCUT2D eigenvalue weighted by Gasteiger charge is -2.31. The summed E-state index contributed by atoms with van der Waals surface area (Å²) in [6.07, 6.45) is 3.96. The first-order chi connectivity index (χ1) is 17.5. The summed E-state index contributed by atoms with van der Waals surface area (Å²) in [5.74, 6) is 5.37. The summed E-state index contributed by atoms with van der Waals surface area (Å²) in [4.78, 5) is 33.3. The number of fused-ring (bicyclic) bond motifs is 1. The maximum absolute atomic E-state index is 15.1. The van der Waals surface area contributed by atoms with Crippen LogP contribution in [-0.2, 0) is 14.3 Å². The zero-order valence-electron chi connectivity index (χ0n) is 18.8. The fourth-order valence-electron chi connectivity index (χ4n) is 3.76. The lowest BCUT2D eigenvalue weighted by atomic mass is 10.1. The zero-order chi connectivity index (χ0) is 25.1. The minimum absolute atomic E-state index is 0.0658. The van der Waals surface area contributed by atoms with Crippen LogP contribution in [-0.4, -0.2) is 62.8 Å². The smallest absolute Gasteiger partial charge is 0.295 e. The molecule has 1 aromatic carbocycles. The highest BCUT2D eigenvalue weighted by Crippen LogP contribution is 2.24. The van der Waals surface area contributed by atoms with E-state index in [1.165, 1.54) is 23.1 Å². The molecule has 180 valence electrons. The molecule has 0 saturated carbocycles. The quantitative estimate of drug-likeness (QED) is 0.343. The highest BCUT2D eigenvalue weighted by Gasteiger charge is 2.26. The number of halogens is 1. The molecule has 0 bridgehead atoms. The Balaban J connectivity index is 1.41. The molecule has 5 rings (SSSR count). The van der Waals surface area contributed by atoms with Crippen molar-refractivity contribution in [2.45, 2.75) is 6.29 Å². The molecule has 1 saturated heterocycles. The van der Waals surface area contributed by atoms with Gasteiger partial charge in [0.05, 0.1) is 30.6 Å². The Morgan fingerprint density at radius 3 is 2.94 bits per heavy atom. The third-order valence-corrected chi connectivity index (χ3v) is 5.51. The Kier molecular flexibility index (Phi) is 6.25. The number of nitrogens with two attached hydrogens (primary N) is 1. The van der Waals surface area contributed by atoms with Gasteiger partial charge in [-0.2, -0.15) is 5.10 Å². The van der Waals surface area contributed by atoms with Crippen molar-refractivity contribution in [2.24, 2.45) is 0 Å². The van der Waals surface area contributed by atoms with E-state index in [0.717, 1.165) is 0 Å². The first-order valence-corrected chi connectivity index (χ1v) is 10.9. The number of aromatic nitrogens is 4. The van der Waals surface area contributed by atoms with Crippen LogP contribution < -0.4 is 5.73 Å². The fraction of sp³-hybridized carbons (Fsp3) is 0.160. The van der Waals surface area contributed by atoms with Crippen molar-refractivity contribution in [3.63, 3.8) is 0 Å². The molecule has 10 nitrogen and oxygen atoms in total. The Bertz CT molecular complexity index is 1530. The molecule has 1 fully saturated rings. The number of ether oxygens (including phenoxy) is 2. The van der Waals surface area contributed by atoms with Crippen LogP contribution in [0.4, 0.5) is 10.2 Å². The molecule has 4 heterocycles. The molecule has 4 aromatic rings. The second-order valence-corrected chi connectivity index (χ2v) is 7.84. The largest absolute Gasteiger partial charge is 0.436 e. The summed E-state index contributed by atoms with van der Waals surface area (Å²) in [5.41, 5.74) is 8.14. The number of morpholine rings is 1. The fourth-order valence-corrected chi connectivity index (χ4v) is 3.76. The number of carbonyl (C=O) groups excluding carboxylic acids is 2. The molecule has 1 atom stereocenters. The van der Waals surface area contributed by atoms with Gasteiger partial charge in [-0.1, -0.05) is 11.8 Å². The highest BCUT2D eigenvalue weighted by molar-refractivity contribution is 5.94. The van der Waals surface area contributed by atoms with E-state index in [1.807, 2.05) is 0 Å². The van der Waals surface area contributed by atoms with E-state index in [9.17, 15) is 9.59 Å². The van der Waals surface area contributed by atoms with E-state index in [4.69, 9.17) is 15.2 Å². The Morgan fingerprint density at radius 1 is 1.25 bits per heavy atom. The molecule has 1 aliphatic heterocycles. The predicted molar refractivity (Wildman–Crippen MR) is 126 cm³/mol. The Hall–Kier alpha value is -4.82. The minimum atomic E-state index is -0.843. The van der Waals surface area contributed by atoms with Crippen LogP contribution in [0.1, 0.15) is 21.5 Å². The van der Waals surface area contributed by atoms with Crippen LogP contribution in [0, 0.1) is 17.7 Å². The first-order valence-electron chi connectivity index (χ1n) is 10.9. The van der Waals surface area contributed by atoms with E-state index in [1.54, 1.807) is 41.3 Å². The highest BCUT2D eigenvalue weighted by atomic mass is 19.1. The van der Waals surface area contributed by atoms with E-state index in [0.29, 0.717) is 34.8 Å². The molecular weight excluding hydrogens is 467 g/mol. The van der Waals surface area contributed by atoms with Crippen LogP contribution in [0.15, 0.2) is 55.0 Å². The van der Waals surface area contributed by atoms with Crippen molar-refractivity contribution in [1.82, 2.24) is 24.5 Å². The van der Waals surface area contributed by atoms with Crippen LogP contribution in [0.25, 0.3) is 16.9 Å². The van der Waals surface area contributed by atoms with Gasteiger partial charge in [0.25, 0.3) is 12.4 Å². The number of carbonyl (C=O) groups is 2. The monoisotopic (exact) mass is 486 g/mol. The van der Waals surface area contributed by atoms with Crippen molar-refractivity contribution >= 4 is 23.8 Å². The number of nitrogens with zero attached hydrogens (tertiary/aromatic N) is 5. The lowest BCUT2D eigenvalue weighted by Crippen LogP contribution is -2.46. The van der Waals surface area contributed by atoms with Gasteiger partial charge < -0.3 is 20.1 Å². The van der Waals surface area contributed by atoms with Crippen molar-refractivity contribution < 1.29 is 23.5 Å². The lowest BCUT2D eigenvalue weighted by molar-refractivity contribution is -0.177. The summed E-state index contributed by atoms with van der Waals surface area (Å²) in [6, 6.07) is 9.22. The predicted octanol–water partition coefficient (Wildman–Crippen LogP) is 1.88. The van der Waals surface area contributed by atoms with Crippen molar-refractivity contribution in [3.8, 4) is 23.1 Å². The third-order valence-electron chi connectivity index (χ3n) is 5.51. The normalized spacial score (nSPS) is 15.2. The molecule has 0 aliphatic carbocycles. The van der Waals surface area contributed by atoms with E-state index in [2.05, 4.69) is 26.9 Å². The van der Waals surface area contributed by atoms with E-state index < -0.39 is 18.0 Å². The number of pyridine rings is 1. The van der Waals surface area contributed by atoms with Crippen LogP contribution in [0.3, 0.4) is 0 Å². The summed E-state index contributed by atoms with van der Waals surface area (Å²) >= 11 is 0. The second kappa shape index (κ2) is 9.81. The van der Waals surface area contributed by atoms with Crippen LogP contribution >= 0.6 is 0 Å². The topological polar surface area (TPSA) is 125 Å². The Morgan fingerprint density at radius 2 is 2.14 bits per heavy atom. The van der Waals surface area contributed by atoms with Gasteiger partial charge in [0.2, 0.25) is 6.29 Å². The molecular formula is C25H19FN6O4. The number of amides is 1. The van der Waals surface area contributed by atoms with Gasteiger partial charge in [0.1, 0.15) is 11.6 Å². The maximum Gasteiger partial charge on any atom is 0.295 e. The first kappa shape index (κ1) is 22.9. The summed E-state index contributed by atoms with van der Waals surface area (Å²) < 4.78 is 26.7. The number of benzene rings is 1. The number of hydrogen-bond donors (Lipinski definition) is 1. The Labute approximate surface area is 204 Å². The van der Waals surface area contributed by atoms with Crippen LogP contribution in [0.2, 0.25) is 0 Å². The summed E-state index contributed by atoms with van der Waals surface area (Å²) in [5, 5.41) is 4.24. The average molecular weight is 486 g/mol. The minimum Gasteiger partial charge on any atom is -0.436 e. The molecule has 1 unspecified atom stereocenters. The van der Waals surface area contributed by atoms with Gasteiger partial charge in [-0.05, 0) is 36.4 Å². The summed E-state index contributed by atoms with van der Waals surface area (Å²) in [6.45, 7) is 0.843. The van der Waals surface area contributed by atoms with E-state index in [-0.39, 0.29) is 30.8 Å². The maximum atomic E-state index is 15.1. The molecule has 0 spiro atoms. The summed E-state index contributed by atoms with van der Waals surface area (Å²) in [7, 11) is 0. The molecule has 11 heteroatoms. The van der Waals surface area contributed by atoms with Gasteiger partial charge in [0, 0.05) is 35.6 Å². The van der Waals surface area contributed by atoms with Crippen LogP contribution in [0.5, 0.6) is 0 Å². The zero-order valence-corrected chi connectivity index (χ0v) is 18.8. The SMILES string of the molecule is Nc1cc(C#Cc2cnn3ccc(-c4ccc(C(=O)N5CCOC(OC=O)C5)cc4F)nc23)ccn1. The average Bonchev–Trinajstić information content (AvgIpc) is 3.29. The van der Waals surface area contributed by atoms with Crippen molar-refractivity contribution in [2.75, 3.05) is 25.4 Å². The molecule has 1 amide bonds. The van der Waals surface area contributed by atoms with Gasteiger partial charge in [-0.15, -0.1) is 0 Å². The van der Waals surface area contributed by atoms with Gasteiger partial charge in [0.15, 0.2) is 5.65 Å². The standard InChI is InChI=1S/C25H19FN6O4/c26-20-12-17(25(34)31-9-10-35-23(14-31)36-15-33)3-4-19(20)21-6-8-32-24(30-21)18(13-29-32)2-1-16-5-7-28-22(27)11-16/h3-8,11-13,15,23H,9-10,14H2,(H2,27,28). The molecule has 0 radical (unpaired) electrons. The number of hydrogen-bond acceptors (Lipinski definition) is 8. The molecule has 1 aliphatic rings. The van der Waals surface area contributed by atoms with Gasteiger partial charge >= 0.3 is 0 Å². The van der Waals surface area contributed by atoms with Crippen molar-refractivity contribution in [3.05, 3.63) is 77.5 Å². The number of rotatable bonds is 4. The third kappa shape index (κ3) is 4.70. The molecule has 3 aromatic heterocycles. The van der Waals surface area contributed by atoms with Gasteiger partial charge in [-0.3, -0.25) is 9.59 Å². The van der Waals surface area contributed by atoms with Gasteiger partial charge in [-0.25, -0.2) is 18.9 Å². The molecule has 36 heavy (non-hydrogen) atoms. The molecule has 2 N–H and O–H groups in total. The number of anilines is 1. The van der Waals surface area contributed by atoms with E-state index >= 15 is 4.39 Å².